The summed E-state index contributed by atoms with van der Waals surface area (Å²) in [6.45, 7) is 4.30. The van der Waals surface area contributed by atoms with E-state index in [9.17, 15) is 4.39 Å². The van der Waals surface area contributed by atoms with Crippen LogP contribution in [0.15, 0.2) is 89.1 Å². The van der Waals surface area contributed by atoms with Gasteiger partial charge in [-0.25, -0.2) is 4.39 Å². The van der Waals surface area contributed by atoms with Crippen LogP contribution in [0, 0.1) is 0 Å². The Balaban J connectivity index is 1.83. The molecule has 0 heterocycles. The fraction of sp³-hybridized carbons (Fsp3) is 0.333. The maximum atomic E-state index is 14.2. The first-order valence-corrected chi connectivity index (χ1v) is 12.2. The van der Waals surface area contributed by atoms with E-state index in [-0.39, 0.29) is 0 Å². The number of alkyl halides is 1. The van der Waals surface area contributed by atoms with Gasteiger partial charge < -0.3 is 0 Å². The Hall–Kier alpha value is -3.07. The monoisotopic (exact) mass is 442 g/mol. The van der Waals surface area contributed by atoms with Crippen molar-refractivity contribution in [2.45, 2.75) is 65.0 Å². The van der Waals surface area contributed by atoms with Crippen molar-refractivity contribution in [1.82, 2.24) is 0 Å². The zero-order chi connectivity index (χ0) is 23.3. The van der Waals surface area contributed by atoms with E-state index in [1.54, 1.807) is 0 Å². The Morgan fingerprint density at radius 2 is 1.48 bits per heavy atom. The van der Waals surface area contributed by atoms with Crippen LogP contribution in [0.25, 0.3) is 0 Å². The smallest absolute Gasteiger partial charge is 0.104 e. The third-order valence-corrected chi connectivity index (χ3v) is 5.81. The quantitative estimate of drug-likeness (QED) is 0.201. The highest BCUT2D eigenvalue weighted by Crippen LogP contribution is 2.17. The second-order valence-corrected chi connectivity index (χ2v) is 8.50. The van der Waals surface area contributed by atoms with Gasteiger partial charge in [0.15, 0.2) is 0 Å². The molecule has 0 aliphatic rings. The van der Waals surface area contributed by atoms with Crippen LogP contribution in [0.4, 0.5) is 4.39 Å². The molecule has 172 valence electrons. The molecule has 3 rings (SSSR count). The molecule has 0 spiro atoms. The van der Waals surface area contributed by atoms with E-state index in [2.05, 4.69) is 42.2 Å². The molecule has 0 bridgehead atoms. The first-order chi connectivity index (χ1) is 16.2. The average Bonchev–Trinajstić information content (AvgIpc) is 2.86. The number of rotatable bonds is 12. The largest absolute Gasteiger partial charge is 0.247 e. The Kier molecular flexibility index (Phi) is 10.0. The van der Waals surface area contributed by atoms with Gasteiger partial charge in [0.1, 0.15) is 11.9 Å². The Morgan fingerprint density at radius 3 is 2.21 bits per heavy atom. The molecule has 0 N–H and O–H groups in total. The minimum atomic E-state index is -0.782. The van der Waals surface area contributed by atoms with Gasteiger partial charge in [-0.3, -0.25) is 0 Å². The van der Waals surface area contributed by atoms with E-state index in [1.807, 2.05) is 66.9 Å². The lowest BCUT2D eigenvalue weighted by atomic mass is 9.99. The van der Waals surface area contributed by atoms with Crippen molar-refractivity contribution in [1.29, 1.82) is 0 Å². The highest BCUT2D eigenvalue weighted by molar-refractivity contribution is 6.13. The van der Waals surface area contributed by atoms with Gasteiger partial charge in [0.2, 0.25) is 0 Å². The van der Waals surface area contributed by atoms with Gasteiger partial charge in [0.25, 0.3) is 0 Å². The second-order valence-electron chi connectivity index (χ2n) is 8.50. The lowest BCUT2D eigenvalue weighted by Crippen LogP contribution is -2.06. The van der Waals surface area contributed by atoms with E-state index >= 15 is 0 Å². The third kappa shape index (κ3) is 7.78. The van der Waals surface area contributed by atoms with Gasteiger partial charge in [-0.15, -0.1) is 5.10 Å². The predicted octanol–water partition coefficient (Wildman–Crippen LogP) is 7.97. The van der Waals surface area contributed by atoms with Crippen molar-refractivity contribution >= 4 is 11.9 Å². The molecule has 0 aliphatic carbocycles. The summed E-state index contributed by atoms with van der Waals surface area (Å²) in [4.78, 5) is 0. The highest BCUT2D eigenvalue weighted by Gasteiger charge is 2.10. The summed E-state index contributed by atoms with van der Waals surface area (Å²) in [7, 11) is 0. The summed E-state index contributed by atoms with van der Waals surface area (Å²) in [5.74, 6) is 0. The number of hydrogen-bond donors (Lipinski definition) is 0. The molecule has 1 unspecified atom stereocenters. The number of hydrogen-bond acceptors (Lipinski definition) is 2. The van der Waals surface area contributed by atoms with Crippen molar-refractivity contribution in [3.8, 4) is 0 Å². The van der Waals surface area contributed by atoms with Crippen LogP contribution in [0.3, 0.4) is 0 Å². The molecular weight excluding hydrogens is 407 g/mol. The van der Waals surface area contributed by atoms with E-state index in [0.29, 0.717) is 12.8 Å². The van der Waals surface area contributed by atoms with Gasteiger partial charge in [-0.1, -0.05) is 112 Å². The van der Waals surface area contributed by atoms with Gasteiger partial charge in [0.05, 0.1) is 6.21 Å². The van der Waals surface area contributed by atoms with Gasteiger partial charge in [-0.05, 0) is 36.0 Å². The average molecular weight is 443 g/mol. The fourth-order valence-electron chi connectivity index (χ4n) is 3.86. The molecule has 33 heavy (non-hydrogen) atoms. The van der Waals surface area contributed by atoms with E-state index in [4.69, 9.17) is 0 Å². The number of nitrogens with zero attached hydrogens (tertiary/aromatic N) is 2. The SMILES string of the molecule is CCCCc1ccccc1C=NN=C(c1ccccc1)c1ccc(CC(F)CCCC)cc1. The standard InChI is InChI=1S/C30H35FN2/c1-3-5-12-25-13-10-11-16-28(25)23-32-33-30(26-14-8-7-9-15-26)27-20-18-24(19-21-27)22-29(31)17-6-4-2/h7-11,13-16,18-21,23,29H,3-6,12,17,22H2,1-2H3. The highest BCUT2D eigenvalue weighted by atomic mass is 19.1. The third-order valence-electron chi connectivity index (χ3n) is 5.81. The van der Waals surface area contributed by atoms with Gasteiger partial charge in [-0.2, -0.15) is 5.10 Å². The number of benzene rings is 3. The van der Waals surface area contributed by atoms with Crippen molar-refractivity contribution in [2.75, 3.05) is 0 Å². The zero-order valence-electron chi connectivity index (χ0n) is 19.9. The van der Waals surface area contributed by atoms with Crippen molar-refractivity contribution in [3.63, 3.8) is 0 Å². The molecule has 0 aromatic heterocycles. The summed E-state index contributed by atoms with van der Waals surface area (Å²) in [5.41, 5.74) is 6.22. The molecular formula is C30H35FN2. The summed E-state index contributed by atoms with van der Waals surface area (Å²) in [6, 6.07) is 26.5. The lowest BCUT2D eigenvalue weighted by Gasteiger charge is -2.10. The number of aryl methyl sites for hydroxylation is 1. The van der Waals surface area contributed by atoms with Crippen LogP contribution in [-0.2, 0) is 12.8 Å². The van der Waals surface area contributed by atoms with Gasteiger partial charge >= 0.3 is 0 Å². The molecule has 1 atom stereocenters. The Morgan fingerprint density at radius 1 is 0.818 bits per heavy atom. The molecule has 0 amide bonds. The Bertz CT molecular complexity index is 1020. The first-order valence-electron chi connectivity index (χ1n) is 12.2. The number of halogens is 1. The molecule has 0 fully saturated rings. The van der Waals surface area contributed by atoms with Crippen LogP contribution in [-0.4, -0.2) is 18.1 Å². The van der Waals surface area contributed by atoms with E-state index in [0.717, 1.165) is 53.6 Å². The van der Waals surface area contributed by atoms with Crippen LogP contribution in [0.5, 0.6) is 0 Å². The fourth-order valence-corrected chi connectivity index (χ4v) is 3.86. The normalized spacial score (nSPS) is 12.9. The van der Waals surface area contributed by atoms with Crippen LogP contribution >= 0.6 is 0 Å². The first kappa shape index (κ1) is 24.6. The molecule has 0 saturated heterocycles. The Labute approximate surface area is 198 Å². The van der Waals surface area contributed by atoms with Crippen molar-refractivity contribution in [3.05, 3.63) is 107 Å². The summed E-state index contributed by atoms with van der Waals surface area (Å²) >= 11 is 0. The predicted molar refractivity (Wildman–Crippen MR) is 139 cm³/mol. The van der Waals surface area contributed by atoms with Crippen LogP contribution in [0.1, 0.15) is 73.8 Å². The topological polar surface area (TPSA) is 24.7 Å². The maximum Gasteiger partial charge on any atom is 0.104 e. The minimum Gasteiger partial charge on any atom is -0.247 e. The van der Waals surface area contributed by atoms with E-state index < -0.39 is 6.17 Å². The summed E-state index contributed by atoms with van der Waals surface area (Å²) < 4.78 is 14.2. The lowest BCUT2D eigenvalue weighted by molar-refractivity contribution is 0.305. The summed E-state index contributed by atoms with van der Waals surface area (Å²) in [6.07, 6.45) is 7.49. The van der Waals surface area contributed by atoms with Crippen molar-refractivity contribution < 1.29 is 4.39 Å². The van der Waals surface area contributed by atoms with Crippen LogP contribution in [0.2, 0.25) is 0 Å². The van der Waals surface area contributed by atoms with Crippen LogP contribution < -0.4 is 0 Å². The molecule has 3 aromatic rings. The van der Waals surface area contributed by atoms with Gasteiger partial charge in [0, 0.05) is 17.5 Å². The number of unbranched alkanes of at least 4 members (excludes halogenated alkanes) is 2. The molecule has 0 saturated carbocycles. The zero-order valence-corrected chi connectivity index (χ0v) is 19.9. The second kappa shape index (κ2) is 13.5. The molecule has 2 nitrogen and oxygen atoms in total. The molecule has 3 aromatic carbocycles. The molecule has 0 aliphatic heterocycles. The maximum absolute atomic E-state index is 14.2. The summed E-state index contributed by atoms with van der Waals surface area (Å²) in [5, 5.41) is 9.09. The van der Waals surface area contributed by atoms with E-state index in [1.165, 1.54) is 12.0 Å². The molecule has 3 heteroatoms. The molecule has 0 radical (unpaired) electrons. The minimum absolute atomic E-state index is 0.463. The van der Waals surface area contributed by atoms with Crippen molar-refractivity contribution in [2.24, 2.45) is 10.2 Å².